The average molecular weight is 390 g/mol. The Labute approximate surface area is 170 Å². The van der Waals surface area contributed by atoms with Crippen molar-refractivity contribution in [2.45, 2.75) is 32.9 Å². The van der Waals surface area contributed by atoms with Crippen LogP contribution in [0.15, 0.2) is 101 Å². The van der Waals surface area contributed by atoms with E-state index >= 15 is 0 Å². The number of hydrogen-bond donors (Lipinski definition) is 0. The van der Waals surface area contributed by atoms with Gasteiger partial charge in [0.05, 0.1) is 0 Å². The maximum atomic E-state index is 2.72. The summed E-state index contributed by atoms with van der Waals surface area (Å²) in [5.41, 5.74) is 1.43. The van der Waals surface area contributed by atoms with E-state index in [0.29, 0.717) is 16.5 Å². The first-order valence-electron chi connectivity index (χ1n) is 9.60. The lowest BCUT2D eigenvalue weighted by Gasteiger charge is -2.44. The van der Waals surface area contributed by atoms with Crippen molar-refractivity contribution in [1.29, 1.82) is 0 Å². The molecule has 4 atom stereocenters. The topological polar surface area (TPSA) is 3.24 Å². The van der Waals surface area contributed by atoms with Crippen molar-refractivity contribution in [3.05, 3.63) is 96.6 Å². The molecule has 2 heterocycles. The van der Waals surface area contributed by atoms with Crippen molar-refractivity contribution in [3.63, 3.8) is 0 Å². The molecule has 3 fully saturated rings. The van der Waals surface area contributed by atoms with Gasteiger partial charge in [-0.05, 0) is 35.7 Å². The van der Waals surface area contributed by atoms with Gasteiger partial charge in [0.25, 0.3) is 0 Å². The summed E-state index contributed by atoms with van der Waals surface area (Å²) in [5.74, 6) is 0.758. The summed E-state index contributed by atoms with van der Waals surface area (Å²) < 4.78 is 0. The Kier molecular flexibility index (Phi) is 5.00. The molecule has 3 aromatic carbocycles. The van der Waals surface area contributed by atoms with Gasteiger partial charge in [-0.2, -0.15) is 0 Å². The Hall–Kier alpha value is -1.68. The molecule has 136 valence electrons. The quantitative estimate of drug-likeness (QED) is 0.523. The lowest BCUT2D eigenvalue weighted by atomic mass is 9.84. The predicted molar refractivity (Wildman–Crippen MR) is 116 cm³/mol. The van der Waals surface area contributed by atoms with Gasteiger partial charge in [0.1, 0.15) is 0 Å². The van der Waals surface area contributed by atoms with Gasteiger partial charge in [-0.1, -0.05) is 66.7 Å². The number of nitrogens with zero attached hydrogens (tertiary/aromatic N) is 1. The second-order valence-electron chi connectivity index (χ2n) is 7.36. The number of thioether (sulfide) groups is 2. The molecule has 27 heavy (non-hydrogen) atoms. The van der Waals surface area contributed by atoms with E-state index < -0.39 is 0 Å². The van der Waals surface area contributed by atoms with E-state index in [4.69, 9.17) is 0 Å². The summed E-state index contributed by atoms with van der Waals surface area (Å²) in [4.78, 5) is 5.53. The summed E-state index contributed by atoms with van der Waals surface area (Å²) in [5, 5.41) is 1.41. The summed E-state index contributed by atoms with van der Waals surface area (Å²) >= 11 is 4.17. The van der Waals surface area contributed by atoms with Crippen molar-refractivity contribution in [2.75, 3.05) is 6.54 Å². The molecule has 2 aliphatic heterocycles. The smallest absolute Gasteiger partial charge is 0.0351 e. The minimum Gasteiger partial charge on any atom is -0.294 e. The highest BCUT2D eigenvalue weighted by Crippen LogP contribution is 2.56. The second-order valence-corrected chi connectivity index (χ2v) is 9.86. The fraction of sp³-hybridized carbons (Fsp3) is 0.250. The zero-order valence-corrected chi connectivity index (χ0v) is 16.8. The SMILES string of the molecule is c1ccc(CN2CC3[C@@H](Sc4ccccc4)C2[C@H]3Sc2ccccc2)cc1. The second kappa shape index (κ2) is 7.75. The molecule has 0 aromatic heterocycles. The highest BCUT2D eigenvalue weighted by Gasteiger charge is 2.60. The Morgan fingerprint density at radius 1 is 0.667 bits per heavy atom. The zero-order valence-electron chi connectivity index (χ0n) is 15.1. The van der Waals surface area contributed by atoms with Gasteiger partial charge in [0, 0.05) is 39.4 Å². The molecular formula is C24H23NS2. The lowest BCUT2D eigenvalue weighted by Crippen LogP contribution is -2.52. The lowest BCUT2D eigenvalue weighted by molar-refractivity contribution is 0.254. The van der Waals surface area contributed by atoms with Crippen LogP contribution < -0.4 is 0 Å². The third-order valence-corrected chi connectivity index (χ3v) is 8.53. The fourth-order valence-corrected chi connectivity index (χ4v) is 7.64. The van der Waals surface area contributed by atoms with Crippen LogP contribution in [0.5, 0.6) is 0 Å². The third kappa shape index (κ3) is 3.56. The van der Waals surface area contributed by atoms with Crippen molar-refractivity contribution < 1.29 is 0 Å². The predicted octanol–water partition coefficient (Wildman–Crippen LogP) is 5.82. The number of fused-ring (bicyclic) bond motifs is 1. The van der Waals surface area contributed by atoms with E-state index in [9.17, 15) is 0 Å². The number of benzene rings is 3. The Bertz CT molecular complexity index is 759. The van der Waals surface area contributed by atoms with Crippen LogP contribution in [0.3, 0.4) is 0 Å². The van der Waals surface area contributed by atoms with Crippen LogP contribution >= 0.6 is 23.5 Å². The third-order valence-electron chi connectivity index (χ3n) is 5.64. The van der Waals surface area contributed by atoms with Gasteiger partial charge >= 0.3 is 0 Å². The molecular weight excluding hydrogens is 366 g/mol. The van der Waals surface area contributed by atoms with Gasteiger partial charge in [-0.3, -0.25) is 4.90 Å². The average Bonchev–Trinajstić information content (AvgIpc) is 3.25. The molecule has 0 amide bonds. The van der Waals surface area contributed by atoms with Crippen LogP contribution in [0.1, 0.15) is 5.56 Å². The molecule has 1 saturated carbocycles. The van der Waals surface area contributed by atoms with Gasteiger partial charge in [0.2, 0.25) is 0 Å². The largest absolute Gasteiger partial charge is 0.294 e. The van der Waals surface area contributed by atoms with Crippen LogP contribution in [-0.4, -0.2) is 28.0 Å². The van der Waals surface area contributed by atoms with Crippen molar-refractivity contribution >= 4 is 23.5 Å². The first kappa shape index (κ1) is 17.4. The van der Waals surface area contributed by atoms with E-state index in [0.717, 1.165) is 12.5 Å². The number of rotatable bonds is 6. The number of hydrogen-bond acceptors (Lipinski definition) is 3. The van der Waals surface area contributed by atoms with Crippen LogP contribution in [-0.2, 0) is 6.54 Å². The van der Waals surface area contributed by atoms with E-state index in [1.54, 1.807) is 0 Å². The Balaban J connectivity index is 1.35. The molecule has 2 unspecified atom stereocenters. The molecule has 3 heteroatoms. The van der Waals surface area contributed by atoms with Gasteiger partial charge in [0.15, 0.2) is 0 Å². The fourth-order valence-electron chi connectivity index (χ4n) is 4.37. The Morgan fingerprint density at radius 2 is 1.15 bits per heavy atom. The molecule has 1 nitrogen and oxygen atoms in total. The van der Waals surface area contributed by atoms with E-state index in [1.807, 2.05) is 0 Å². The van der Waals surface area contributed by atoms with E-state index in [2.05, 4.69) is 119 Å². The van der Waals surface area contributed by atoms with Crippen LogP contribution in [0, 0.1) is 5.92 Å². The van der Waals surface area contributed by atoms with Gasteiger partial charge < -0.3 is 0 Å². The van der Waals surface area contributed by atoms with Crippen molar-refractivity contribution in [1.82, 2.24) is 4.90 Å². The molecule has 2 saturated heterocycles. The van der Waals surface area contributed by atoms with Crippen LogP contribution in [0.2, 0.25) is 0 Å². The molecule has 1 aliphatic carbocycles. The summed E-state index contributed by atoms with van der Waals surface area (Å²) in [6.07, 6.45) is 0. The van der Waals surface area contributed by atoms with Crippen molar-refractivity contribution in [3.8, 4) is 0 Å². The van der Waals surface area contributed by atoms with Gasteiger partial charge in [-0.15, -0.1) is 23.5 Å². The normalized spacial score (nSPS) is 26.7. The highest BCUT2D eigenvalue weighted by atomic mass is 32.2. The van der Waals surface area contributed by atoms with Gasteiger partial charge in [-0.25, -0.2) is 0 Å². The minimum absolute atomic E-state index is 0.644. The minimum atomic E-state index is 0.644. The van der Waals surface area contributed by atoms with E-state index in [-0.39, 0.29) is 0 Å². The zero-order chi connectivity index (χ0) is 18.1. The first-order valence-corrected chi connectivity index (χ1v) is 11.4. The first-order chi connectivity index (χ1) is 13.4. The highest BCUT2D eigenvalue weighted by molar-refractivity contribution is 8.01. The maximum Gasteiger partial charge on any atom is 0.0351 e. The molecule has 0 spiro atoms. The van der Waals surface area contributed by atoms with E-state index in [1.165, 1.54) is 21.9 Å². The van der Waals surface area contributed by atoms with Crippen LogP contribution in [0.25, 0.3) is 0 Å². The Morgan fingerprint density at radius 3 is 1.67 bits per heavy atom. The van der Waals surface area contributed by atoms with Crippen LogP contribution in [0.4, 0.5) is 0 Å². The summed E-state index contributed by atoms with van der Waals surface area (Å²) in [7, 11) is 0. The van der Waals surface area contributed by atoms with Crippen molar-refractivity contribution in [2.24, 2.45) is 5.92 Å². The monoisotopic (exact) mass is 389 g/mol. The summed E-state index contributed by atoms with van der Waals surface area (Å²) in [6.45, 7) is 2.29. The molecule has 6 rings (SSSR count). The molecule has 0 radical (unpaired) electrons. The molecule has 0 N–H and O–H groups in total. The maximum absolute atomic E-state index is 2.72. The summed E-state index contributed by atoms with van der Waals surface area (Å²) in [6, 6.07) is 33.4. The molecule has 3 aromatic rings. The molecule has 3 aliphatic rings. The molecule has 2 bridgehead atoms. The standard InChI is InChI=1S/C24H23NS2/c1-4-10-18(11-5-1)16-25-17-21-23(26-19-12-6-2-7-13-19)22(25)24(21)27-20-14-8-3-9-15-20/h1-15,21-24H,16-17H2/t21?,22?,23-,24+.